The number of hydrogen-bond acceptors (Lipinski definition) is 6. The van der Waals surface area contributed by atoms with Crippen molar-refractivity contribution >= 4 is 43.8 Å². The highest BCUT2D eigenvalue weighted by Crippen LogP contribution is 2.29. The standard InChI is InChI=1S/C28H20BrNO5/c1-2-33-28(32)23-14-19(29)13-22-25(31)15-26(35-27(22)23)18-7-5-8-21(12-18)34-16-20-11-10-17-6-3-4-9-24(17)30-20/h3-15H,2,16H2,1H3. The number of para-hydroxylation sites is 1. The Kier molecular flexibility index (Phi) is 6.33. The van der Waals surface area contributed by atoms with E-state index < -0.39 is 5.97 Å². The maximum atomic E-state index is 12.9. The van der Waals surface area contributed by atoms with Crippen molar-refractivity contribution in [3.63, 3.8) is 0 Å². The van der Waals surface area contributed by atoms with Gasteiger partial charge in [0.25, 0.3) is 0 Å². The Bertz CT molecular complexity index is 1630. The smallest absolute Gasteiger partial charge is 0.341 e. The minimum atomic E-state index is -0.556. The summed E-state index contributed by atoms with van der Waals surface area (Å²) < 4.78 is 17.8. The molecule has 35 heavy (non-hydrogen) atoms. The van der Waals surface area contributed by atoms with E-state index in [-0.39, 0.29) is 29.8 Å². The second-order valence-electron chi connectivity index (χ2n) is 7.84. The number of rotatable bonds is 6. The van der Waals surface area contributed by atoms with Gasteiger partial charge in [0.2, 0.25) is 0 Å². The molecule has 0 bridgehead atoms. The minimum absolute atomic E-state index is 0.181. The lowest BCUT2D eigenvalue weighted by Gasteiger charge is -2.10. The molecule has 0 unspecified atom stereocenters. The number of nitrogens with zero attached hydrogens (tertiary/aromatic N) is 1. The molecule has 0 atom stereocenters. The van der Waals surface area contributed by atoms with Crippen molar-refractivity contribution in [3.8, 4) is 17.1 Å². The average molecular weight is 530 g/mol. The number of esters is 1. The van der Waals surface area contributed by atoms with E-state index in [0.717, 1.165) is 16.6 Å². The second kappa shape index (κ2) is 9.72. The predicted octanol–water partition coefficient (Wildman–Crippen LogP) is 6.53. The Morgan fingerprint density at radius 3 is 2.71 bits per heavy atom. The zero-order valence-corrected chi connectivity index (χ0v) is 20.4. The molecular weight excluding hydrogens is 510 g/mol. The van der Waals surface area contributed by atoms with Gasteiger partial charge in [-0.2, -0.15) is 0 Å². The highest BCUT2D eigenvalue weighted by atomic mass is 79.9. The van der Waals surface area contributed by atoms with Crippen LogP contribution in [0, 0.1) is 0 Å². The molecule has 0 spiro atoms. The highest BCUT2D eigenvalue weighted by Gasteiger charge is 2.18. The van der Waals surface area contributed by atoms with Crippen LogP contribution in [0.15, 0.2) is 92.5 Å². The summed E-state index contributed by atoms with van der Waals surface area (Å²) in [5.41, 5.74) is 2.46. The monoisotopic (exact) mass is 529 g/mol. The molecule has 0 saturated carbocycles. The Balaban J connectivity index is 1.47. The maximum Gasteiger partial charge on any atom is 0.341 e. The van der Waals surface area contributed by atoms with Crippen molar-refractivity contribution in [2.75, 3.05) is 6.61 Å². The van der Waals surface area contributed by atoms with Crippen LogP contribution in [0.5, 0.6) is 5.75 Å². The van der Waals surface area contributed by atoms with Gasteiger partial charge in [0.1, 0.15) is 23.7 Å². The number of fused-ring (bicyclic) bond motifs is 2. The molecule has 0 amide bonds. The maximum absolute atomic E-state index is 12.9. The van der Waals surface area contributed by atoms with Crippen molar-refractivity contribution in [2.45, 2.75) is 13.5 Å². The lowest BCUT2D eigenvalue weighted by molar-refractivity contribution is 0.0527. The molecule has 7 heteroatoms. The number of benzene rings is 3. The number of halogens is 1. The molecule has 0 saturated heterocycles. The first-order valence-electron chi connectivity index (χ1n) is 11.0. The summed E-state index contributed by atoms with van der Waals surface area (Å²) in [7, 11) is 0. The number of ether oxygens (including phenoxy) is 2. The van der Waals surface area contributed by atoms with E-state index in [4.69, 9.17) is 13.9 Å². The minimum Gasteiger partial charge on any atom is -0.487 e. The molecular formula is C28H20BrNO5. The number of pyridine rings is 1. The van der Waals surface area contributed by atoms with Gasteiger partial charge in [-0.25, -0.2) is 9.78 Å². The summed E-state index contributed by atoms with van der Waals surface area (Å²) in [6.45, 7) is 2.22. The molecule has 174 valence electrons. The Morgan fingerprint density at radius 2 is 1.86 bits per heavy atom. The fourth-order valence-corrected chi connectivity index (χ4v) is 4.27. The molecule has 0 aliphatic rings. The molecule has 2 aromatic heterocycles. The summed E-state index contributed by atoms with van der Waals surface area (Å²) in [5, 5.41) is 1.36. The van der Waals surface area contributed by atoms with Crippen LogP contribution in [-0.4, -0.2) is 17.6 Å². The van der Waals surface area contributed by atoms with Crippen LogP contribution in [0.2, 0.25) is 0 Å². The molecule has 2 heterocycles. The van der Waals surface area contributed by atoms with Crippen LogP contribution in [0.3, 0.4) is 0 Å². The second-order valence-corrected chi connectivity index (χ2v) is 8.75. The van der Waals surface area contributed by atoms with Crippen LogP contribution in [0.1, 0.15) is 23.0 Å². The van der Waals surface area contributed by atoms with Crippen LogP contribution >= 0.6 is 15.9 Å². The first-order valence-corrected chi connectivity index (χ1v) is 11.8. The van der Waals surface area contributed by atoms with E-state index in [0.29, 0.717) is 26.9 Å². The Hall–Kier alpha value is -3.97. The van der Waals surface area contributed by atoms with E-state index in [1.54, 1.807) is 25.1 Å². The first-order chi connectivity index (χ1) is 17.0. The van der Waals surface area contributed by atoms with Crippen molar-refractivity contribution < 1.29 is 18.7 Å². The largest absolute Gasteiger partial charge is 0.487 e. The van der Waals surface area contributed by atoms with Crippen LogP contribution in [0.25, 0.3) is 33.2 Å². The van der Waals surface area contributed by atoms with Gasteiger partial charge in [-0.05, 0) is 43.3 Å². The summed E-state index contributed by atoms with van der Waals surface area (Å²) in [5.74, 6) is 0.366. The van der Waals surface area contributed by atoms with Crippen LogP contribution in [0.4, 0.5) is 0 Å². The summed E-state index contributed by atoms with van der Waals surface area (Å²) >= 11 is 3.35. The molecule has 5 aromatic rings. The third-order valence-electron chi connectivity index (χ3n) is 5.45. The van der Waals surface area contributed by atoms with Crippen LogP contribution in [-0.2, 0) is 11.3 Å². The van der Waals surface area contributed by atoms with Gasteiger partial charge in [-0.15, -0.1) is 0 Å². The highest BCUT2D eigenvalue weighted by molar-refractivity contribution is 9.10. The third kappa shape index (κ3) is 4.81. The van der Waals surface area contributed by atoms with Gasteiger partial charge >= 0.3 is 5.97 Å². The van der Waals surface area contributed by atoms with E-state index in [1.165, 1.54) is 6.07 Å². The summed E-state index contributed by atoms with van der Waals surface area (Å²) in [6, 6.07) is 23.7. The quantitative estimate of drug-likeness (QED) is 0.233. The zero-order chi connectivity index (χ0) is 24.4. The normalized spacial score (nSPS) is 11.0. The average Bonchev–Trinajstić information content (AvgIpc) is 2.87. The number of aromatic nitrogens is 1. The fraction of sp³-hybridized carbons (Fsp3) is 0.107. The van der Waals surface area contributed by atoms with Gasteiger partial charge < -0.3 is 13.9 Å². The van der Waals surface area contributed by atoms with E-state index in [1.807, 2.05) is 54.6 Å². The van der Waals surface area contributed by atoms with E-state index in [2.05, 4.69) is 20.9 Å². The van der Waals surface area contributed by atoms with Gasteiger partial charge in [0, 0.05) is 21.5 Å². The molecule has 6 nitrogen and oxygen atoms in total. The fourth-order valence-electron chi connectivity index (χ4n) is 3.81. The van der Waals surface area contributed by atoms with Crippen molar-refractivity contribution in [3.05, 3.63) is 105 Å². The molecule has 0 radical (unpaired) electrons. The van der Waals surface area contributed by atoms with Gasteiger partial charge in [0.15, 0.2) is 11.0 Å². The third-order valence-corrected chi connectivity index (χ3v) is 5.91. The molecule has 3 aromatic carbocycles. The molecule has 0 fully saturated rings. The lowest BCUT2D eigenvalue weighted by Crippen LogP contribution is -2.09. The van der Waals surface area contributed by atoms with Gasteiger partial charge in [-0.1, -0.05) is 52.3 Å². The van der Waals surface area contributed by atoms with Gasteiger partial charge in [-0.3, -0.25) is 4.79 Å². The zero-order valence-electron chi connectivity index (χ0n) is 18.8. The number of hydrogen-bond donors (Lipinski definition) is 0. The number of carbonyl (C=O) groups excluding carboxylic acids is 1. The molecule has 0 aliphatic heterocycles. The molecule has 0 aliphatic carbocycles. The summed E-state index contributed by atoms with van der Waals surface area (Å²) in [6.07, 6.45) is 0. The van der Waals surface area contributed by atoms with Crippen molar-refractivity contribution in [2.24, 2.45) is 0 Å². The molecule has 0 N–H and O–H groups in total. The SMILES string of the molecule is CCOC(=O)c1cc(Br)cc2c(=O)cc(-c3cccc(OCc4ccc5ccccc5n4)c3)oc12. The van der Waals surface area contributed by atoms with Crippen LogP contribution < -0.4 is 10.2 Å². The van der Waals surface area contributed by atoms with Gasteiger partial charge in [0.05, 0.1) is 23.2 Å². The Labute approximate surface area is 209 Å². The summed E-state index contributed by atoms with van der Waals surface area (Å²) in [4.78, 5) is 30.0. The first kappa shape index (κ1) is 22.8. The van der Waals surface area contributed by atoms with Crippen molar-refractivity contribution in [1.29, 1.82) is 0 Å². The topological polar surface area (TPSA) is 78.6 Å². The molecule has 5 rings (SSSR count). The number of carbonyl (C=O) groups is 1. The predicted molar refractivity (Wildman–Crippen MR) is 138 cm³/mol. The van der Waals surface area contributed by atoms with E-state index >= 15 is 0 Å². The Morgan fingerprint density at radius 1 is 1.00 bits per heavy atom. The van der Waals surface area contributed by atoms with E-state index in [9.17, 15) is 9.59 Å². The lowest BCUT2D eigenvalue weighted by atomic mass is 10.1. The van der Waals surface area contributed by atoms with Crippen molar-refractivity contribution in [1.82, 2.24) is 4.98 Å².